The normalized spacial score (nSPS) is 23.8. The first-order chi connectivity index (χ1) is 10.3. The predicted octanol–water partition coefficient (Wildman–Crippen LogP) is 1.60. The molecule has 0 spiro atoms. The van der Waals surface area contributed by atoms with Crippen LogP contribution in [-0.4, -0.2) is 41.7 Å². The van der Waals surface area contributed by atoms with Gasteiger partial charge in [-0.25, -0.2) is 4.99 Å². The van der Waals surface area contributed by atoms with E-state index in [0.717, 1.165) is 30.8 Å². The van der Waals surface area contributed by atoms with Crippen molar-refractivity contribution >= 4 is 18.1 Å². The summed E-state index contributed by atoms with van der Waals surface area (Å²) in [6.07, 6.45) is 4.47. The Hall–Kier alpha value is -2.17. The number of amides is 1. The molecule has 1 aromatic carbocycles. The molecule has 0 saturated carbocycles. The van der Waals surface area contributed by atoms with E-state index in [1.54, 1.807) is 6.34 Å². The number of amidine groups is 1. The fourth-order valence-corrected chi connectivity index (χ4v) is 2.65. The zero-order valence-corrected chi connectivity index (χ0v) is 12.2. The summed E-state index contributed by atoms with van der Waals surface area (Å²) in [6, 6.07) is 9.67. The van der Waals surface area contributed by atoms with Crippen molar-refractivity contribution in [3.05, 3.63) is 35.9 Å². The van der Waals surface area contributed by atoms with Crippen molar-refractivity contribution in [2.24, 2.45) is 9.98 Å². The van der Waals surface area contributed by atoms with Crippen LogP contribution < -0.4 is 5.32 Å². The Bertz CT molecular complexity index is 567. The second kappa shape index (κ2) is 6.08. The Morgan fingerprint density at radius 3 is 2.86 bits per heavy atom. The van der Waals surface area contributed by atoms with Gasteiger partial charge in [0.05, 0.1) is 6.34 Å². The monoisotopic (exact) mass is 284 g/mol. The van der Waals surface area contributed by atoms with Crippen LogP contribution in [0.4, 0.5) is 0 Å². The number of carbonyl (C=O) groups excluding carboxylic acids is 1. The van der Waals surface area contributed by atoms with E-state index >= 15 is 0 Å². The van der Waals surface area contributed by atoms with Crippen molar-refractivity contribution in [1.29, 1.82) is 0 Å². The molecule has 2 aliphatic rings. The van der Waals surface area contributed by atoms with Crippen molar-refractivity contribution in [2.75, 3.05) is 6.54 Å². The van der Waals surface area contributed by atoms with Crippen LogP contribution in [0.1, 0.15) is 25.3 Å². The topological polar surface area (TPSA) is 57.1 Å². The zero-order chi connectivity index (χ0) is 14.7. The summed E-state index contributed by atoms with van der Waals surface area (Å²) in [4.78, 5) is 23.3. The minimum atomic E-state index is -0.388. The van der Waals surface area contributed by atoms with Gasteiger partial charge in [0.25, 0.3) is 5.91 Å². The van der Waals surface area contributed by atoms with Crippen molar-refractivity contribution < 1.29 is 4.79 Å². The van der Waals surface area contributed by atoms with Crippen molar-refractivity contribution in [3.8, 4) is 0 Å². The molecule has 0 radical (unpaired) electrons. The molecule has 1 N–H and O–H groups in total. The van der Waals surface area contributed by atoms with E-state index in [2.05, 4.69) is 22.1 Å². The Morgan fingerprint density at radius 2 is 2.10 bits per heavy atom. The first-order valence-electron chi connectivity index (χ1n) is 7.48. The molecule has 2 atom stereocenters. The third kappa shape index (κ3) is 2.96. The highest BCUT2D eigenvalue weighted by molar-refractivity contribution is 6.04. The summed E-state index contributed by atoms with van der Waals surface area (Å²) < 4.78 is 0. The van der Waals surface area contributed by atoms with Crippen molar-refractivity contribution in [2.45, 2.75) is 38.4 Å². The highest BCUT2D eigenvalue weighted by Crippen LogP contribution is 2.20. The van der Waals surface area contributed by atoms with E-state index in [0.29, 0.717) is 6.42 Å². The largest absolute Gasteiger partial charge is 0.339 e. The van der Waals surface area contributed by atoms with Gasteiger partial charge in [-0.2, -0.15) is 0 Å². The number of unbranched alkanes of at least 4 members (excludes halogenated alkanes) is 1. The van der Waals surface area contributed by atoms with E-state index in [1.165, 1.54) is 0 Å². The Balaban J connectivity index is 1.75. The van der Waals surface area contributed by atoms with Crippen LogP contribution in [0, 0.1) is 0 Å². The molecule has 0 aromatic heterocycles. The first-order valence-corrected chi connectivity index (χ1v) is 7.48. The molecule has 5 heteroatoms. The van der Waals surface area contributed by atoms with E-state index < -0.39 is 0 Å². The maximum atomic E-state index is 12.2. The van der Waals surface area contributed by atoms with Gasteiger partial charge in [-0.1, -0.05) is 43.7 Å². The van der Waals surface area contributed by atoms with Gasteiger partial charge >= 0.3 is 0 Å². The molecule has 2 heterocycles. The molecule has 1 amide bonds. The van der Waals surface area contributed by atoms with Gasteiger partial charge in [0, 0.05) is 13.0 Å². The molecule has 1 aromatic rings. The molecule has 3 rings (SSSR count). The Kier molecular flexibility index (Phi) is 3.99. The Morgan fingerprint density at radius 1 is 1.29 bits per heavy atom. The van der Waals surface area contributed by atoms with Crippen LogP contribution in [0.2, 0.25) is 0 Å². The summed E-state index contributed by atoms with van der Waals surface area (Å²) >= 11 is 0. The van der Waals surface area contributed by atoms with Gasteiger partial charge in [0.2, 0.25) is 0 Å². The van der Waals surface area contributed by atoms with Gasteiger partial charge in [0.15, 0.2) is 12.2 Å². The number of fused-ring (bicyclic) bond motifs is 1. The molecule has 0 saturated heterocycles. The SMILES string of the molecule is CCCCN1C=NC2C(=O)NC(Cc3ccccc3)=NC21. The van der Waals surface area contributed by atoms with Gasteiger partial charge in [-0.3, -0.25) is 9.79 Å². The number of nitrogens with one attached hydrogen (secondary N) is 1. The van der Waals surface area contributed by atoms with E-state index in [9.17, 15) is 4.79 Å². The number of benzene rings is 1. The number of nitrogens with zero attached hydrogens (tertiary/aromatic N) is 3. The lowest BCUT2D eigenvalue weighted by Gasteiger charge is -2.28. The fraction of sp³-hybridized carbons (Fsp3) is 0.438. The van der Waals surface area contributed by atoms with Crippen LogP contribution in [0.3, 0.4) is 0 Å². The number of carbonyl (C=O) groups is 1. The molecular formula is C16H20N4O. The maximum absolute atomic E-state index is 12.2. The second-order valence-electron chi connectivity index (χ2n) is 5.44. The number of hydrogen-bond donors (Lipinski definition) is 1. The second-order valence-corrected chi connectivity index (χ2v) is 5.44. The van der Waals surface area contributed by atoms with Crippen molar-refractivity contribution in [3.63, 3.8) is 0 Å². The summed E-state index contributed by atoms with van der Waals surface area (Å²) in [5.41, 5.74) is 1.15. The maximum Gasteiger partial charge on any atom is 0.254 e. The van der Waals surface area contributed by atoms with Crippen LogP contribution in [0.5, 0.6) is 0 Å². The molecule has 2 unspecified atom stereocenters. The molecule has 21 heavy (non-hydrogen) atoms. The summed E-state index contributed by atoms with van der Waals surface area (Å²) in [5, 5.41) is 2.88. The van der Waals surface area contributed by atoms with Crippen molar-refractivity contribution in [1.82, 2.24) is 10.2 Å². The van der Waals surface area contributed by atoms with Gasteiger partial charge in [-0.15, -0.1) is 0 Å². The van der Waals surface area contributed by atoms with Crippen LogP contribution in [0.25, 0.3) is 0 Å². The van der Waals surface area contributed by atoms with E-state index in [4.69, 9.17) is 4.99 Å². The zero-order valence-electron chi connectivity index (χ0n) is 12.2. The van der Waals surface area contributed by atoms with Crippen LogP contribution in [-0.2, 0) is 11.2 Å². The molecule has 2 aliphatic heterocycles. The molecule has 0 bridgehead atoms. The fourth-order valence-electron chi connectivity index (χ4n) is 2.65. The summed E-state index contributed by atoms with van der Waals surface area (Å²) in [5.74, 6) is 0.690. The summed E-state index contributed by atoms with van der Waals surface area (Å²) in [6.45, 7) is 3.05. The average Bonchev–Trinajstić information content (AvgIpc) is 2.90. The number of hydrogen-bond acceptors (Lipinski definition) is 4. The third-order valence-electron chi connectivity index (χ3n) is 3.81. The molecule has 0 aliphatic carbocycles. The van der Waals surface area contributed by atoms with Crippen LogP contribution in [0.15, 0.2) is 40.3 Å². The molecule has 5 nitrogen and oxygen atoms in total. The molecule has 110 valence electrons. The lowest BCUT2D eigenvalue weighted by Crippen LogP contribution is -2.51. The third-order valence-corrected chi connectivity index (χ3v) is 3.81. The minimum absolute atomic E-state index is 0.0452. The average molecular weight is 284 g/mol. The van der Waals surface area contributed by atoms with Gasteiger partial charge in [-0.05, 0) is 12.0 Å². The Labute approximate surface area is 124 Å². The van der Waals surface area contributed by atoms with E-state index in [1.807, 2.05) is 30.3 Å². The highest BCUT2D eigenvalue weighted by Gasteiger charge is 2.39. The summed E-state index contributed by atoms with van der Waals surface area (Å²) in [7, 11) is 0. The smallest absolute Gasteiger partial charge is 0.254 e. The van der Waals surface area contributed by atoms with Crippen LogP contribution >= 0.6 is 0 Å². The predicted molar refractivity (Wildman–Crippen MR) is 83.4 cm³/mol. The molecular weight excluding hydrogens is 264 g/mol. The standard InChI is InChI=1S/C16H20N4O/c1-2-3-9-20-11-17-14-15(20)18-13(19-16(14)21)10-12-7-5-4-6-8-12/h4-8,11,14-15H,2-3,9-10H2,1H3,(H,18,19,21). The van der Waals surface area contributed by atoms with E-state index in [-0.39, 0.29) is 18.1 Å². The number of aliphatic imine (C=N–C) groups is 2. The van der Waals surface area contributed by atoms with Gasteiger partial charge < -0.3 is 10.2 Å². The number of rotatable bonds is 5. The first kappa shape index (κ1) is 13.8. The minimum Gasteiger partial charge on any atom is -0.339 e. The quantitative estimate of drug-likeness (QED) is 0.893. The molecule has 0 fully saturated rings. The van der Waals surface area contributed by atoms with Gasteiger partial charge in [0.1, 0.15) is 5.84 Å². The highest BCUT2D eigenvalue weighted by atomic mass is 16.2. The lowest BCUT2D eigenvalue weighted by molar-refractivity contribution is -0.122. The lowest BCUT2D eigenvalue weighted by atomic mass is 10.1.